The van der Waals surface area contributed by atoms with Crippen molar-refractivity contribution in [1.82, 2.24) is 0 Å². The third-order valence-electron chi connectivity index (χ3n) is 5.32. The first kappa shape index (κ1) is 27.0. The van der Waals surface area contributed by atoms with Gasteiger partial charge in [0.15, 0.2) is 5.54 Å². The van der Waals surface area contributed by atoms with E-state index >= 15 is 0 Å². The standard InChI is InChI=1S/C21H41NO6/c1-2-3-4-10-13-17(24)14-11-8-6-5-7-9-12-15-18(25)19(26)21(22,16-23)20(27)28/h18-19,23,25-26H,2-16,22H2,1H3,(H,27,28)/t18-,19-,21+/m0/s1. The Morgan fingerprint density at radius 2 is 1.32 bits per heavy atom. The maximum absolute atomic E-state index is 11.7. The third-order valence-corrected chi connectivity index (χ3v) is 5.32. The predicted molar refractivity (Wildman–Crippen MR) is 109 cm³/mol. The van der Waals surface area contributed by atoms with Crippen molar-refractivity contribution in [2.24, 2.45) is 5.73 Å². The van der Waals surface area contributed by atoms with Gasteiger partial charge >= 0.3 is 5.97 Å². The molecule has 3 atom stereocenters. The van der Waals surface area contributed by atoms with Crippen molar-refractivity contribution in [2.75, 3.05) is 6.61 Å². The molecule has 6 N–H and O–H groups in total. The first-order valence-electron chi connectivity index (χ1n) is 10.8. The molecule has 0 aliphatic carbocycles. The number of hydrogen-bond donors (Lipinski definition) is 5. The first-order valence-corrected chi connectivity index (χ1v) is 10.8. The van der Waals surface area contributed by atoms with Crippen molar-refractivity contribution in [3.8, 4) is 0 Å². The van der Waals surface area contributed by atoms with Gasteiger partial charge in [0.25, 0.3) is 0 Å². The maximum Gasteiger partial charge on any atom is 0.328 e. The molecule has 7 heteroatoms. The zero-order chi connectivity index (χ0) is 21.4. The summed E-state index contributed by atoms with van der Waals surface area (Å²) in [5.41, 5.74) is 3.22. The lowest BCUT2D eigenvalue weighted by Crippen LogP contribution is -2.63. The molecule has 166 valence electrons. The van der Waals surface area contributed by atoms with Crippen LogP contribution in [0.2, 0.25) is 0 Å². The van der Waals surface area contributed by atoms with E-state index < -0.39 is 30.3 Å². The molecule has 0 rings (SSSR count). The molecule has 0 heterocycles. The predicted octanol–water partition coefficient (Wildman–Crippen LogP) is 2.53. The van der Waals surface area contributed by atoms with Gasteiger partial charge in [-0.25, -0.2) is 0 Å². The molecule has 0 fully saturated rings. The molecule has 0 amide bonds. The first-order chi connectivity index (χ1) is 13.3. The minimum Gasteiger partial charge on any atom is -0.480 e. The van der Waals surface area contributed by atoms with Crippen molar-refractivity contribution in [3.63, 3.8) is 0 Å². The molecule has 0 saturated heterocycles. The average molecular weight is 404 g/mol. The molecule has 0 spiro atoms. The molecule has 0 aromatic heterocycles. The second kappa shape index (κ2) is 15.9. The summed E-state index contributed by atoms with van der Waals surface area (Å²) in [6.45, 7) is 1.22. The van der Waals surface area contributed by atoms with E-state index in [1.165, 1.54) is 12.8 Å². The SMILES string of the molecule is CCCCCCC(=O)CCCCCCCCC[C@H](O)[C@H](O)[C@](N)(CO)C(=O)O. The van der Waals surface area contributed by atoms with Crippen molar-refractivity contribution < 1.29 is 30.0 Å². The van der Waals surface area contributed by atoms with Crippen LogP contribution in [0.4, 0.5) is 0 Å². The van der Waals surface area contributed by atoms with Crippen molar-refractivity contribution >= 4 is 11.8 Å². The number of Topliss-reactive ketones (excluding diaryl/α,β-unsaturated/α-hetero) is 1. The van der Waals surface area contributed by atoms with Crippen LogP contribution in [0.25, 0.3) is 0 Å². The molecular weight excluding hydrogens is 362 g/mol. The Labute approximate surface area is 169 Å². The Bertz CT molecular complexity index is 431. The highest BCUT2D eigenvalue weighted by molar-refractivity contribution is 5.79. The molecule has 0 radical (unpaired) electrons. The van der Waals surface area contributed by atoms with E-state index in [1.807, 2.05) is 0 Å². The quantitative estimate of drug-likeness (QED) is 0.209. The summed E-state index contributed by atoms with van der Waals surface area (Å²) in [5.74, 6) is -1.16. The number of hydrogen-bond acceptors (Lipinski definition) is 6. The van der Waals surface area contributed by atoms with E-state index in [0.717, 1.165) is 57.8 Å². The fourth-order valence-corrected chi connectivity index (χ4v) is 3.22. The molecule has 0 bridgehead atoms. The van der Waals surface area contributed by atoms with E-state index in [1.54, 1.807) is 0 Å². The highest BCUT2D eigenvalue weighted by atomic mass is 16.4. The van der Waals surface area contributed by atoms with Crippen LogP contribution < -0.4 is 5.73 Å². The Kier molecular flexibility index (Phi) is 15.3. The average Bonchev–Trinajstić information content (AvgIpc) is 2.68. The summed E-state index contributed by atoms with van der Waals surface area (Å²) in [4.78, 5) is 22.8. The molecule has 0 aromatic rings. The number of unbranched alkanes of at least 4 members (excludes halogenated alkanes) is 9. The van der Waals surface area contributed by atoms with Crippen LogP contribution in [0.3, 0.4) is 0 Å². The monoisotopic (exact) mass is 403 g/mol. The Hall–Kier alpha value is -1.02. The second-order valence-corrected chi connectivity index (χ2v) is 7.88. The van der Waals surface area contributed by atoms with Gasteiger partial charge in [-0.15, -0.1) is 0 Å². The largest absolute Gasteiger partial charge is 0.480 e. The van der Waals surface area contributed by atoms with Gasteiger partial charge in [0.05, 0.1) is 12.7 Å². The zero-order valence-corrected chi connectivity index (χ0v) is 17.4. The van der Waals surface area contributed by atoms with Gasteiger partial charge in [-0.3, -0.25) is 9.59 Å². The molecule has 7 nitrogen and oxygen atoms in total. The van der Waals surface area contributed by atoms with Crippen LogP contribution in [0.5, 0.6) is 0 Å². The van der Waals surface area contributed by atoms with Crippen LogP contribution in [-0.2, 0) is 9.59 Å². The number of nitrogens with two attached hydrogens (primary N) is 1. The van der Waals surface area contributed by atoms with E-state index in [9.17, 15) is 19.8 Å². The van der Waals surface area contributed by atoms with Crippen molar-refractivity contribution in [1.29, 1.82) is 0 Å². The minimum atomic E-state index is -2.24. The van der Waals surface area contributed by atoms with E-state index in [-0.39, 0.29) is 6.42 Å². The number of aliphatic hydroxyl groups is 3. The van der Waals surface area contributed by atoms with Crippen molar-refractivity contribution in [2.45, 2.75) is 115 Å². The fourth-order valence-electron chi connectivity index (χ4n) is 3.22. The van der Waals surface area contributed by atoms with Crippen LogP contribution in [0.15, 0.2) is 0 Å². The van der Waals surface area contributed by atoms with Gasteiger partial charge in [0, 0.05) is 12.8 Å². The Morgan fingerprint density at radius 3 is 1.79 bits per heavy atom. The number of rotatable bonds is 19. The summed E-state index contributed by atoms with van der Waals surface area (Å²) in [6.07, 6.45) is 9.83. The van der Waals surface area contributed by atoms with Gasteiger partial charge in [0.1, 0.15) is 11.9 Å². The van der Waals surface area contributed by atoms with Crippen LogP contribution in [-0.4, -0.2) is 56.5 Å². The van der Waals surface area contributed by atoms with Crippen molar-refractivity contribution in [3.05, 3.63) is 0 Å². The molecule has 0 aromatic carbocycles. The summed E-state index contributed by atoms with van der Waals surface area (Å²) in [6, 6.07) is 0. The number of ketones is 1. The Balaban J connectivity index is 3.66. The van der Waals surface area contributed by atoms with E-state index in [0.29, 0.717) is 18.6 Å². The van der Waals surface area contributed by atoms with Gasteiger partial charge in [-0.1, -0.05) is 64.7 Å². The number of carboxylic acids is 1. The normalized spacial score (nSPS) is 15.8. The summed E-state index contributed by atoms with van der Waals surface area (Å²) in [5, 5.41) is 37.9. The lowest BCUT2D eigenvalue weighted by Gasteiger charge is -2.31. The number of carboxylic acid groups (broad SMARTS) is 1. The van der Waals surface area contributed by atoms with Gasteiger partial charge < -0.3 is 26.2 Å². The van der Waals surface area contributed by atoms with Gasteiger partial charge in [0.2, 0.25) is 0 Å². The zero-order valence-electron chi connectivity index (χ0n) is 17.4. The topological polar surface area (TPSA) is 141 Å². The highest BCUT2D eigenvalue weighted by Gasteiger charge is 2.44. The van der Waals surface area contributed by atoms with Crippen LogP contribution in [0, 0.1) is 0 Å². The number of aliphatic hydroxyl groups excluding tert-OH is 3. The Morgan fingerprint density at radius 1 is 0.857 bits per heavy atom. The maximum atomic E-state index is 11.7. The smallest absolute Gasteiger partial charge is 0.328 e. The summed E-state index contributed by atoms with van der Waals surface area (Å²) < 4.78 is 0. The highest BCUT2D eigenvalue weighted by Crippen LogP contribution is 2.17. The number of carbonyl (C=O) groups excluding carboxylic acids is 1. The minimum absolute atomic E-state index is 0.236. The van der Waals surface area contributed by atoms with Crippen LogP contribution in [0.1, 0.15) is 96.8 Å². The third kappa shape index (κ3) is 11.1. The molecular formula is C21H41NO6. The van der Waals surface area contributed by atoms with E-state index in [4.69, 9.17) is 15.9 Å². The molecule has 28 heavy (non-hydrogen) atoms. The summed E-state index contributed by atoms with van der Waals surface area (Å²) >= 11 is 0. The number of aliphatic carboxylic acids is 1. The van der Waals surface area contributed by atoms with Gasteiger partial charge in [-0.05, 0) is 19.3 Å². The lowest BCUT2D eigenvalue weighted by atomic mass is 9.88. The number of carbonyl (C=O) groups is 2. The second-order valence-electron chi connectivity index (χ2n) is 7.88. The lowest BCUT2D eigenvalue weighted by molar-refractivity contribution is -0.155. The fraction of sp³-hybridized carbons (Fsp3) is 0.905. The summed E-state index contributed by atoms with van der Waals surface area (Å²) in [7, 11) is 0. The van der Waals surface area contributed by atoms with E-state index in [2.05, 4.69) is 6.92 Å². The van der Waals surface area contributed by atoms with Crippen LogP contribution >= 0.6 is 0 Å². The molecule has 0 aliphatic heterocycles. The molecule has 0 aliphatic rings. The molecule has 0 unspecified atom stereocenters. The molecule has 0 saturated carbocycles. The van der Waals surface area contributed by atoms with Gasteiger partial charge in [-0.2, -0.15) is 0 Å².